The number of aromatic nitrogens is 1. The van der Waals surface area contributed by atoms with Crippen LogP contribution in [0.4, 0.5) is 0 Å². The van der Waals surface area contributed by atoms with Crippen LogP contribution in [0, 0.1) is 0 Å². The highest BCUT2D eigenvalue weighted by Crippen LogP contribution is 2.37. The van der Waals surface area contributed by atoms with Crippen LogP contribution in [0.3, 0.4) is 0 Å². The van der Waals surface area contributed by atoms with Crippen LogP contribution in [0.2, 0.25) is 0 Å². The third kappa shape index (κ3) is 2.82. The van der Waals surface area contributed by atoms with E-state index in [1.165, 1.54) is 11.3 Å². The number of carbonyl (C=O) groups excluding carboxylic acids is 2. The predicted molar refractivity (Wildman–Crippen MR) is 90.7 cm³/mol. The van der Waals surface area contributed by atoms with Crippen LogP contribution in [0.1, 0.15) is 35.4 Å². The lowest BCUT2D eigenvalue weighted by Crippen LogP contribution is -2.46. The van der Waals surface area contributed by atoms with Crippen molar-refractivity contribution in [2.75, 3.05) is 13.1 Å². The lowest BCUT2D eigenvalue weighted by molar-refractivity contribution is -0.151. The van der Waals surface area contributed by atoms with E-state index in [4.69, 9.17) is 4.74 Å². The van der Waals surface area contributed by atoms with E-state index in [9.17, 15) is 9.59 Å². The molecule has 4 rings (SSSR count). The summed E-state index contributed by atoms with van der Waals surface area (Å²) in [6, 6.07) is 9.87. The Hall–Kier alpha value is -2.21. The molecule has 0 bridgehead atoms. The number of carbonyl (C=O) groups is 2. The number of rotatable bonds is 2. The molecule has 0 saturated carbocycles. The summed E-state index contributed by atoms with van der Waals surface area (Å²) in [5.41, 5.74) is 0.702. The van der Waals surface area contributed by atoms with Gasteiger partial charge in [0.2, 0.25) is 0 Å². The molecule has 2 aliphatic rings. The SMILES string of the molecule is O=C1CCC2(CCN(C(=O)c3cnc(-c4ccccc4)s3)CC2)O1. The van der Waals surface area contributed by atoms with Gasteiger partial charge in [0, 0.05) is 37.9 Å². The maximum absolute atomic E-state index is 12.7. The van der Waals surface area contributed by atoms with Crippen molar-refractivity contribution in [1.29, 1.82) is 0 Å². The first kappa shape index (κ1) is 15.3. The molecule has 0 atom stereocenters. The predicted octanol–water partition coefficient (Wildman–Crippen LogP) is 3.12. The fraction of sp³-hybridized carbons (Fsp3) is 0.389. The summed E-state index contributed by atoms with van der Waals surface area (Å²) in [6.45, 7) is 1.26. The summed E-state index contributed by atoms with van der Waals surface area (Å²) in [6.07, 6.45) is 4.41. The Bertz CT molecular complexity index is 764. The maximum atomic E-state index is 12.7. The molecule has 0 unspecified atom stereocenters. The first-order valence-corrected chi connectivity index (χ1v) is 8.99. The van der Waals surface area contributed by atoms with Crippen LogP contribution in [-0.4, -0.2) is 40.5 Å². The van der Waals surface area contributed by atoms with Crippen molar-refractivity contribution in [3.05, 3.63) is 41.4 Å². The fourth-order valence-electron chi connectivity index (χ4n) is 3.39. The van der Waals surface area contributed by atoms with Crippen LogP contribution in [0.25, 0.3) is 10.6 Å². The molecule has 1 amide bonds. The van der Waals surface area contributed by atoms with Crippen molar-refractivity contribution < 1.29 is 14.3 Å². The Morgan fingerprint density at radius 1 is 1.17 bits per heavy atom. The van der Waals surface area contributed by atoms with Crippen LogP contribution in [0.15, 0.2) is 36.5 Å². The summed E-state index contributed by atoms with van der Waals surface area (Å²) in [4.78, 5) is 31.0. The zero-order chi connectivity index (χ0) is 16.6. The molecule has 3 heterocycles. The van der Waals surface area contributed by atoms with E-state index < -0.39 is 0 Å². The second-order valence-electron chi connectivity index (χ2n) is 6.34. The van der Waals surface area contributed by atoms with Gasteiger partial charge in [-0.05, 0) is 6.42 Å². The molecule has 124 valence electrons. The van der Waals surface area contributed by atoms with E-state index in [0.717, 1.165) is 29.8 Å². The molecule has 24 heavy (non-hydrogen) atoms. The molecule has 1 aromatic carbocycles. The normalized spacial score (nSPS) is 19.5. The summed E-state index contributed by atoms with van der Waals surface area (Å²) in [5, 5.41) is 0.858. The second kappa shape index (κ2) is 6.02. The average Bonchev–Trinajstić information content (AvgIpc) is 3.24. The van der Waals surface area contributed by atoms with Gasteiger partial charge in [0.15, 0.2) is 0 Å². The van der Waals surface area contributed by atoms with Gasteiger partial charge >= 0.3 is 5.97 Å². The zero-order valence-corrected chi connectivity index (χ0v) is 14.1. The van der Waals surface area contributed by atoms with Gasteiger partial charge in [-0.2, -0.15) is 0 Å². The maximum Gasteiger partial charge on any atom is 0.306 e. The molecule has 2 aliphatic heterocycles. The largest absolute Gasteiger partial charge is 0.459 e. The third-order valence-corrected chi connectivity index (χ3v) is 5.85. The summed E-state index contributed by atoms with van der Waals surface area (Å²) >= 11 is 1.42. The highest BCUT2D eigenvalue weighted by atomic mass is 32.1. The number of nitrogens with zero attached hydrogens (tertiary/aromatic N) is 2. The lowest BCUT2D eigenvalue weighted by Gasteiger charge is -2.37. The van der Waals surface area contributed by atoms with Crippen LogP contribution in [-0.2, 0) is 9.53 Å². The van der Waals surface area contributed by atoms with Crippen molar-refractivity contribution >= 4 is 23.2 Å². The van der Waals surface area contributed by atoms with E-state index in [0.29, 0.717) is 24.4 Å². The van der Waals surface area contributed by atoms with Crippen molar-refractivity contribution in [3.63, 3.8) is 0 Å². The second-order valence-corrected chi connectivity index (χ2v) is 7.38. The van der Waals surface area contributed by atoms with E-state index in [1.807, 2.05) is 35.2 Å². The van der Waals surface area contributed by atoms with Crippen molar-refractivity contribution in [3.8, 4) is 10.6 Å². The molecule has 1 aromatic heterocycles. The molecule has 1 spiro atoms. The standard InChI is InChI=1S/C18H18N2O3S/c21-15-6-7-18(23-15)8-10-20(11-9-18)17(22)14-12-19-16(24-14)13-4-2-1-3-5-13/h1-5,12H,6-11H2. The summed E-state index contributed by atoms with van der Waals surface area (Å²) in [7, 11) is 0. The van der Waals surface area contributed by atoms with Gasteiger partial charge in [0.05, 0.1) is 6.20 Å². The van der Waals surface area contributed by atoms with Gasteiger partial charge in [-0.1, -0.05) is 30.3 Å². The van der Waals surface area contributed by atoms with Crippen LogP contribution < -0.4 is 0 Å². The van der Waals surface area contributed by atoms with Gasteiger partial charge in [0.1, 0.15) is 15.5 Å². The third-order valence-electron chi connectivity index (χ3n) is 4.81. The lowest BCUT2D eigenvalue weighted by atomic mass is 9.88. The number of hydrogen-bond donors (Lipinski definition) is 0. The van der Waals surface area contributed by atoms with Crippen molar-refractivity contribution in [1.82, 2.24) is 9.88 Å². The molecule has 2 fully saturated rings. The molecule has 6 heteroatoms. The number of thiazole rings is 1. The van der Waals surface area contributed by atoms with Crippen LogP contribution >= 0.6 is 11.3 Å². The molecular formula is C18H18N2O3S. The minimum absolute atomic E-state index is 0.0221. The Kier molecular flexibility index (Phi) is 3.84. The van der Waals surface area contributed by atoms with Crippen molar-refractivity contribution in [2.24, 2.45) is 0 Å². The monoisotopic (exact) mass is 342 g/mol. The first-order valence-electron chi connectivity index (χ1n) is 8.18. The average molecular weight is 342 g/mol. The van der Waals surface area contributed by atoms with E-state index >= 15 is 0 Å². The highest BCUT2D eigenvalue weighted by Gasteiger charge is 2.43. The minimum Gasteiger partial charge on any atom is -0.459 e. The number of ether oxygens (including phenoxy) is 1. The number of esters is 1. The Morgan fingerprint density at radius 2 is 1.92 bits per heavy atom. The minimum atomic E-state index is -0.323. The molecule has 0 N–H and O–H groups in total. The number of amides is 1. The number of likely N-dealkylation sites (tertiary alicyclic amines) is 1. The topological polar surface area (TPSA) is 59.5 Å². The van der Waals surface area contributed by atoms with Crippen LogP contribution in [0.5, 0.6) is 0 Å². The number of benzene rings is 1. The highest BCUT2D eigenvalue weighted by molar-refractivity contribution is 7.16. The van der Waals surface area contributed by atoms with E-state index in [-0.39, 0.29) is 17.5 Å². The zero-order valence-electron chi connectivity index (χ0n) is 13.2. The summed E-state index contributed by atoms with van der Waals surface area (Å²) < 4.78 is 5.50. The van der Waals surface area contributed by atoms with Gasteiger partial charge in [-0.25, -0.2) is 4.98 Å². The Balaban J connectivity index is 1.44. The first-order chi connectivity index (χ1) is 11.7. The summed E-state index contributed by atoms with van der Waals surface area (Å²) in [5.74, 6) is -0.0846. The quantitative estimate of drug-likeness (QED) is 0.787. The number of hydrogen-bond acceptors (Lipinski definition) is 5. The number of piperidine rings is 1. The molecule has 2 saturated heterocycles. The van der Waals surface area contributed by atoms with E-state index in [1.54, 1.807) is 6.20 Å². The van der Waals surface area contributed by atoms with Crippen molar-refractivity contribution in [2.45, 2.75) is 31.3 Å². The van der Waals surface area contributed by atoms with Gasteiger partial charge in [0.25, 0.3) is 5.91 Å². The molecule has 0 aliphatic carbocycles. The Morgan fingerprint density at radius 3 is 2.58 bits per heavy atom. The Labute approximate surface area is 144 Å². The molecule has 5 nitrogen and oxygen atoms in total. The smallest absolute Gasteiger partial charge is 0.306 e. The van der Waals surface area contributed by atoms with Gasteiger partial charge in [-0.3, -0.25) is 9.59 Å². The van der Waals surface area contributed by atoms with Gasteiger partial charge in [-0.15, -0.1) is 11.3 Å². The molecular weight excluding hydrogens is 324 g/mol. The van der Waals surface area contributed by atoms with Gasteiger partial charge < -0.3 is 9.64 Å². The van der Waals surface area contributed by atoms with E-state index in [2.05, 4.69) is 4.98 Å². The fourth-order valence-corrected chi connectivity index (χ4v) is 4.28. The molecule has 0 radical (unpaired) electrons. The molecule has 2 aromatic rings.